The quantitative estimate of drug-likeness (QED) is 0.409. The van der Waals surface area contributed by atoms with Gasteiger partial charge in [-0.05, 0) is 12.8 Å². The summed E-state index contributed by atoms with van der Waals surface area (Å²) in [5, 5.41) is 0. The lowest BCUT2D eigenvalue weighted by atomic mass is 9.85. The molecule has 27 heavy (non-hydrogen) atoms. The van der Waals surface area contributed by atoms with E-state index in [0.717, 1.165) is 0 Å². The predicted octanol–water partition coefficient (Wildman–Crippen LogP) is 6.23. The number of alkyl halides is 14. The molecule has 0 aliphatic carbocycles. The molecule has 0 spiro atoms. The van der Waals surface area contributed by atoms with Crippen LogP contribution in [-0.4, -0.2) is 48.3 Å². The molecule has 0 aromatic carbocycles. The third kappa shape index (κ3) is 3.79. The van der Waals surface area contributed by atoms with E-state index in [1.54, 1.807) is 0 Å². The average Bonchev–Trinajstić information content (AvgIpc) is 2.45. The fourth-order valence-electron chi connectivity index (χ4n) is 2.30. The maximum Gasteiger partial charge on any atom is 0.423 e. The van der Waals surface area contributed by atoms with Gasteiger partial charge in [-0.2, -0.15) is 43.9 Å². The maximum atomic E-state index is 13.6. The van der Waals surface area contributed by atoms with E-state index in [-0.39, 0.29) is 13.8 Å². The second-order valence-corrected chi connectivity index (χ2v) is 5.31. The van der Waals surface area contributed by atoms with E-state index in [4.69, 9.17) is 0 Å². The Bertz CT molecular complexity index is 451. The van der Waals surface area contributed by atoms with E-state index in [1.165, 1.54) is 0 Å². The zero-order chi connectivity index (χ0) is 22.3. The van der Waals surface area contributed by atoms with Crippen LogP contribution in [0.4, 0.5) is 61.5 Å². The number of hydrogen-bond donors (Lipinski definition) is 0. The van der Waals surface area contributed by atoms with Gasteiger partial charge in [-0.1, -0.05) is 13.8 Å². The molecule has 1 nitrogen and oxygen atoms in total. The molecule has 15 heteroatoms. The van der Waals surface area contributed by atoms with Gasteiger partial charge in [-0.3, -0.25) is 0 Å². The lowest BCUT2D eigenvalue weighted by Crippen LogP contribution is -2.73. The molecule has 2 atom stereocenters. The normalized spacial score (nSPS) is 19.3. The van der Waals surface area contributed by atoms with Gasteiger partial charge in [0.05, 0.1) is 0 Å². The van der Waals surface area contributed by atoms with Crippen LogP contribution in [0.15, 0.2) is 0 Å². The Morgan fingerprint density at radius 3 is 0.889 bits per heavy atom. The number of hydrogen-bond acceptors (Lipinski definition) is 1. The molecule has 0 fully saturated rings. The van der Waals surface area contributed by atoms with Crippen LogP contribution in [0.25, 0.3) is 0 Å². The van der Waals surface area contributed by atoms with Gasteiger partial charge in [-0.15, -0.1) is 0 Å². The van der Waals surface area contributed by atoms with Gasteiger partial charge in [0.15, 0.2) is 0 Å². The van der Waals surface area contributed by atoms with Gasteiger partial charge in [0.1, 0.15) is 0 Å². The molecule has 0 saturated heterocycles. The lowest BCUT2D eigenvalue weighted by molar-refractivity contribution is -0.455. The first-order chi connectivity index (χ1) is 11.7. The molecule has 0 amide bonds. The van der Waals surface area contributed by atoms with Crippen molar-refractivity contribution < 1.29 is 66.2 Å². The Balaban J connectivity index is 7.04. The first kappa shape index (κ1) is 26.0. The predicted molar refractivity (Wildman–Crippen MR) is 61.1 cm³/mol. The van der Waals surface area contributed by atoms with E-state index >= 15 is 0 Å². The fraction of sp³-hybridized carbons (Fsp3) is 1.00. The third-order valence-corrected chi connectivity index (χ3v) is 3.89. The van der Waals surface area contributed by atoms with Crippen LogP contribution in [0.5, 0.6) is 0 Å². The van der Waals surface area contributed by atoms with Crippen molar-refractivity contribution in [3.63, 3.8) is 0 Å². The van der Waals surface area contributed by atoms with E-state index < -0.39 is 61.1 Å². The highest BCUT2D eigenvalue weighted by Crippen LogP contribution is 2.58. The van der Waals surface area contributed by atoms with Crippen LogP contribution in [-0.2, 0) is 4.74 Å². The van der Waals surface area contributed by atoms with Crippen molar-refractivity contribution in [3.8, 4) is 0 Å². The summed E-state index contributed by atoms with van der Waals surface area (Å²) in [6.07, 6.45) is -29.0. The molecular formula is C12H12F14O. The van der Waals surface area contributed by atoms with E-state index in [2.05, 4.69) is 4.74 Å². The van der Waals surface area contributed by atoms with Crippen LogP contribution in [0.1, 0.15) is 26.7 Å². The van der Waals surface area contributed by atoms with Gasteiger partial charge < -0.3 is 4.74 Å². The monoisotopic (exact) mass is 438 g/mol. The summed E-state index contributed by atoms with van der Waals surface area (Å²) < 4.78 is 186. The summed E-state index contributed by atoms with van der Waals surface area (Å²) in [7, 11) is 0. The van der Waals surface area contributed by atoms with Crippen LogP contribution in [0, 0.1) is 0 Å². The summed E-state index contributed by atoms with van der Waals surface area (Å²) in [5.41, 5.74) is -11.7. The minimum Gasteiger partial charge on any atom is -0.338 e. The summed E-state index contributed by atoms with van der Waals surface area (Å²) in [5.74, 6) is -13.0. The molecule has 164 valence electrons. The second kappa shape index (κ2) is 7.43. The minimum absolute atomic E-state index is 0.00108. The number of rotatable bonds is 8. The van der Waals surface area contributed by atoms with Crippen molar-refractivity contribution in [2.75, 3.05) is 0 Å². The highest BCUT2D eigenvalue weighted by molar-refractivity contribution is 5.09. The molecule has 0 aromatic rings. The van der Waals surface area contributed by atoms with Crippen molar-refractivity contribution in [3.05, 3.63) is 0 Å². The van der Waals surface area contributed by atoms with Gasteiger partial charge >= 0.3 is 37.0 Å². The lowest BCUT2D eigenvalue weighted by Gasteiger charge is -2.49. The van der Waals surface area contributed by atoms with Crippen molar-refractivity contribution in [1.82, 2.24) is 0 Å². The minimum atomic E-state index is -6.77. The molecule has 0 rings (SSSR count). The molecule has 2 unspecified atom stereocenters. The van der Waals surface area contributed by atoms with Crippen LogP contribution < -0.4 is 0 Å². The highest BCUT2D eigenvalue weighted by atomic mass is 19.4. The Kier molecular flexibility index (Phi) is 7.15. The molecule has 0 aliphatic heterocycles. The smallest absolute Gasteiger partial charge is 0.338 e. The molecule has 0 N–H and O–H groups in total. The van der Waals surface area contributed by atoms with E-state index in [9.17, 15) is 61.5 Å². The van der Waals surface area contributed by atoms with Crippen LogP contribution >= 0.6 is 0 Å². The SMILES string of the molecule is CCC(OC(CC)(C(F)(F)F)C(F)(F)C(F)F)(C(F)(F)F)C(F)(F)C(F)F. The molecule has 0 radical (unpaired) electrons. The van der Waals surface area contributed by atoms with Crippen molar-refractivity contribution >= 4 is 0 Å². The molecule has 0 bridgehead atoms. The Morgan fingerprint density at radius 2 is 0.778 bits per heavy atom. The standard InChI is InChI=1S/C12H12F14O/c1-3-7(11(21,22)23,9(17,18)5(13)14)27-8(4-2,12(24,25)26)10(19,20)6(15)16/h5-6H,3-4H2,1-2H3. The summed E-state index contributed by atoms with van der Waals surface area (Å²) in [6, 6.07) is 0. The number of ether oxygens (including phenoxy) is 1. The summed E-state index contributed by atoms with van der Waals surface area (Å²) >= 11 is 0. The van der Waals surface area contributed by atoms with Gasteiger partial charge in [0.2, 0.25) is 11.2 Å². The largest absolute Gasteiger partial charge is 0.423 e. The Labute approximate surface area is 142 Å². The molecule has 0 aliphatic rings. The Hall–Kier alpha value is -1.02. The van der Waals surface area contributed by atoms with Crippen molar-refractivity contribution in [1.29, 1.82) is 0 Å². The third-order valence-electron chi connectivity index (χ3n) is 3.89. The number of halogens is 14. The van der Waals surface area contributed by atoms with Gasteiger partial charge in [-0.25, -0.2) is 17.6 Å². The molecule has 0 saturated carbocycles. The Morgan fingerprint density at radius 1 is 0.556 bits per heavy atom. The zero-order valence-corrected chi connectivity index (χ0v) is 13.3. The van der Waals surface area contributed by atoms with E-state index in [0.29, 0.717) is 0 Å². The van der Waals surface area contributed by atoms with Gasteiger partial charge in [0, 0.05) is 0 Å². The van der Waals surface area contributed by atoms with Crippen molar-refractivity contribution in [2.24, 2.45) is 0 Å². The van der Waals surface area contributed by atoms with Crippen LogP contribution in [0.2, 0.25) is 0 Å². The van der Waals surface area contributed by atoms with Crippen molar-refractivity contribution in [2.45, 2.75) is 74.9 Å². The molecule has 0 heterocycles. The summed E-state index contributed by atoms with van der Waals surface area (Å²) in [4.78, 5) is 0. The topological polar surface area (TPSA) is 9.23 Å². The first-order valence-corrected chi connectivity index (χ1v) is 6.87. The summed E-state index contributed by atoms with van der Waals surface area (Å²) in [6.45, 7) is 0.00217. The highest BCUT2D eigenvalue weighted by Gasteiger charge is 2.82. The second-order valence-electron chi connectivity index (χ2n) is 5.31. The van der Waals surface area contributed by atoms with Gasteiger partial charge in [0.25, 0.3) is 0 Å². The van der Waals surface area contributed by atoms with Crippen LogP contribution in [0.3, 0.4) is 0 Å². The molecular weight excluding hydrogens is 426 g/mol. The zero-order valence-electron chi connectivity index (χ0n) is 13.3. The average molecular weight is 438 g/mol. The fourth-order valence-corrected chi connectivity index (χ4v) is 2.30. The first-order valence-electron chi connectivity index (χ1n) is 6.87. The van der Waals surface area contributed by atoms with E-state index in [1.807, 2.05) is 0 Å². The maximum absolute atomic E-state index is 13.6. The molecule has 0 aromatic heterocycles.